The highest BCUT2D eigenvalue weighted by Gasteiger charge is 2.34. The Morgan fingerprint density at radius 1 is 0.875 bits per heavy atom. The maximum atomic E-state index is 14.0. The van der Waals surface area contributed by atoms with Gasteiger partial charge in [-0.2, -0.15) is 0 Å². The summed E-state index contributed by atoms with van der Waals surface area (Å²) in [4.78, 5) is 28.9. The zero-order chi connectivity index (χ0) is 29.3. The Bertz CT molecular complexity index is 1360. The summed E-state index contributed by atoms with van der Waals surface area (Å²) in [7, 11) is -4.14. The smallest absolute Gasteiger partial charge is 0.264 e. The van der Waals surface area contributed by atoms with Crippen LogP contribution < -0.4 is 14.4 Å². The Morgan fingerprint density at radius 2 is 1.45 bits per heavy atom. The van der Waals surface area contributed by atoms with E-state index in [1.54, 1.807) is 42.5 Å². The fourth-order valence-electron chi connectivity index (χ4n) is 4.28. The second-order valence-corrected chi connectivity index (χ2v) is 12.3. The van der Waals surface area contributed by atoms with Crippen LogP contribution in [-0.4, -0.2) is 49.9 Å². The molecule has 0 saturated heterocycles. The number of carbonyl (C=O) groups excluding carboxylic acids is 2. The van der Waals surface area contributed by atoms with E-state index in [9.17, 15) is 18.0 Å². The molecule has 9 heteroatoms. The zero-order valence-electron chi connectivity index (χ0n) is 23.8. The van der Waals surface area contributed by atoms with Gasteiger partial charge < -0.3 is 15.0 Å². The summed E-state index contributed by atoms with van der Waals surface area (Å²) in [5, 5.41) is 2.97. The number of benzene rings is 3. The number of rotatable bonds is 12. The van der Waals surface area contributed by atoms with Crippen LogP contribution in [0.2, 0.25) is 0 Å². The van der Waals surface area contributed by atoms with E-state index in [4.69, 9.17) is 4.74 Å². The minimum atomic E-state index is -4.14. The monoisotopic (exact) mass is 565 g/mol. The van der Waals surface area contributed by atoms with Gasteiger partial charge in [0.25, 0.3) is 10.0 Å². The van der Waals surface area contributed by atoms with E-state index in [0.29, 0.717) is 24.5 Å². The first kappa shape index (κ1) is 30.7. The molecule has 0 saturated carbocycles. The van der Waals surface area contributed by atoms with Crippen molar-refractivity contribution in [2.45, 2.75) is 64.1 Å². The quantitative estimate of drug-likeness (QED) is 0.333. The van der Waals surface area contributed by atoms with Crippen LogP contribution in [0.25, 0.3) is 0 Å². The summed E-state index contributed by atoms with van der Waals surface area (Å²) < 4.78 is 34.4. The topological polar surface area (TPSA) is 96.0 Å². The van der Waals surface area contributed by atoms with Crippen LogP contribution in [-0.2, 0) is 26.2 Å². The molecule has 3 rings (SSSR count). The van der Waals surface area contributed by atoms with Crippen LogP contribution in [0.1, 0.15) is 46.6 Å². The number of nitrogens with one attached hydrogen (secondary N) is 1. The molecule has 0 aliphatic heterocycles. The number of amides is 2. The first-order valence-electron chi connectivity index (χ1n) is 13.4. The molecule has 0 fully saturated rings. The Labute approximate surface area is 238 Å². The van der Waals surface area contributed by atoms with Gasteiger partial charge in [-0.3, -0.25) is 13.9 Å². The molecule has 0 heterocycles. The van der Waals surface area contributed by atoms with Crippen molar-refractivity contribution in [2.24, 2.45) is 0 Å². The lowest BCUT2D eigenvalue weighted by molar-refractivity contribution is -0.141. The van der Waals surface area contributed by atoms with Gasteiger partial charge in [0.2, 0.25) is 11.8 Å². The van der Waals surface area contributed by atoms with Crippen molar-refractivity contribution in [1.29, 1.82) is 0 Å². The van der Waals surface area contributed by atoms with Crippen LogP contribution in [0, 0.1) is 0 Å². The Morgan fingerprint density at radius 3 is 1.98 bits per heavy atom. The lowest BCUT2D eigenvalue weighted by Crippen LogP contribution is -2.55. The van der Waals surface area contributed by atoms with Gasteiger partial charge in [-0.25, -0.2) is 8.42 Å². The molecular formula is C31H39N3O5S. The molecule has 3 aromatic carbocycles. The molecule has 8 nitrogen and oxygen atoms in total. The van der Waals surface area contributed by atoms with Gasteiger partial charge in [-0.05, 0) is 76.1 Å². The second-order valence-electron chi connectivity index (χ2n) is 10.4. The highest BCUT2D eigenvalue weighted by atomic mass is 32.2. The van der Waals surface area contributed by atoms with E-state index in [1.807, 2.05) is 65.0 Å². The van der Waals surface area contributed by atoms with Gasteiger partial charge in [-0.15, -0.1) is 0 Å². The van der Waals surface area contributed by atoms with Crippen LogP contribution >= 0.6 is 0 Å². The number of carbonyl (C=O) groups is 2. The molecule has 214 valence electrons. The van der Waals surface area contributed by atoms with E-state index in [-0.39, 0.29) is 17.3 Å². The average Bonchev–Trinajstić information content (AvgIpc) is 2.92. The Hall–Kier alpha value is -3.85. The van der Waals surface area contributed by atoms with Gasteiger partial charge in [0.15, 0.2) is 0 Å². The van der Waals surface area contributed by atoms with Gasteiger partial charge >= 0.3 is 0 Å². The van der Waals surface area contributed by atoms with Crippen LogP contribution in [0.4, 0.5) is 5.69 Å². The molecule has 0 unspecified atom stereocenters. The number of hydrogen-bond acceptors (Lipinski definition) is 5. The highest BCUT2D eigenvalue weighted by molar-refractivity contribution is 7.92. The molecular weight excluding hydrogens is 526 g/mol. The molecule has 0 spiro atoms. The van der Waals surface area contributed by atoms with Crippen molar-refractivity contribution >= 4 is 27.5 Å². The number of ether oxygens (including phenoxy) is 1. The van der Waals surface area contributed by atoms with Crippen molar-refractivity contribution < 1.29 is 22.7 Å². The number of nitrogens with zero attached hydrogens (tertiary/aromatic N) is 2. The molecule has 0 aliphatic rings. The zero-order valence-corrected chi connectivity index (χ0v) is 24.6. The standard InChI is InChI=1S/C31H39N3O5S/c1-6-28(30(36)32-31(3,4)5)33(22-24-14-10-8-11-15-24)29(35)23-34(25-16-12-9-13-17-25)40(37,38)27-20-18-26(19-21-27)39-7-2/h8-21,28H,6-7,22-23H2,1-5H3,(H,32,36)/t28-/m1/s1. The minimum Gasteiger partial charge on any atom is -0.494 e. The number of anilines is 1. The third-order valence-corrected chi connectivity index (χ3v) is 7.91. The minimum absolute atomic E-state index is 0.0275. The first-order chi connectivity index (χ1) is 19.0. The number of sulfonamides is 1. The van der Waals surface area contributed by atoms with E-state index in [2.05, 4.69) is 5.32 Å². The van der Waals surface area contributed by atoms with Gasteiger partial charge in [0.1, 0.15) is 18.3 Å². The van der Waals surface area contributed by atoms with Crippen LogP contribution in [0.15, 0.2) is 89.8 Å². The summed E-state index contributed by atoms with van der Waals surface area (Å²) in [6.07, 6.45) is 0.359. The molecule has 1 N–H and O–H groups in total. The third kappa shape index (κ3) is 8.08. The number of hydrogen-bond donors (Lipinski definition) is 1. The Kier molecular flexibility index (Phi) is 10.3. The molecule has 3 aromatic rings. The summed E-state index contributed by atoms with van der Waals surface area (Å²) in [6.45, 7) is 9.44. The highest BCUT2D eigenvalue weighted by Crippen LogP contribution is 2.26. The summed E-state index contributed by atoms with van der Waals surface area (Å²) in [5.74, 6) is -0.230. The van der Waals surface area contributed by atoms with Crippen molar-refractivity contribution in [3.8, 4) is 5.75 Å². The normalized spacial score (nSPS) is 12.3. The van der Waals surface area contributed by atoms with Crippen molar-refractivity contribution in [1.82, 2.24) is 10.2 Å². The van der Waals surface area contributed by atoms with Crippen molar-refractivity contribution in [3.05, 3.63) is 90.5 Å². The summed E-state index contributed by atoms with van der Waals surface area (Å²) in [5.41, 5.74) is 0.675. The predicted octanol–water partition coefficient (Wildman–Crippen LogP) is 5.00. The first-order valence-corrected chi connectivity index (χ1v) is 14.9. The molecule has 0 aliphatic carbocycles. The maximum absolute atomic E-state index is 14.0. The third-order valence-electron chi connectivity index (χ3n) is 6.13. The summed E-state index contributed by atoms with van der Waals surface area (Å²) in [6, 6.07) is 23.2. The fraction of sp³-hybridized carbons (Fsp3) is 0.355. The van der Waals surface area contributed by atoms with E-state index in [0.717, 1.165) is 9.87 Å². The average molecular weight is 566 g/mol. The van der Waals surface area contributed by atoms with Gasteiger partial charge in [0, 0.05) is 12.1 Å². The lowest BCUT2D eigenvalue weighted by Gasteiger charge is -2.34. The molecule has 40 heavy (non-hydrogen) atoms. The van der Waals surface area contributed by atoms with Gasteiger partial charge in [-0.1, -0.05) is 55.5 Å². The predicted molar refractivity (Wildman–Crippen MR) is 158 cm³/mol. The van der Waals surface area contributed by atoms with Crippen molar-refractivity contribution in [3.63, 3.8) is 0 Å². The van der Waals surface area contributed by atoms with E-state index < -0.39 is 34.1 Å². The fourth-order valence-corrected chi connectivity index (χ4v) is 5.69. The Balaban J connectivity index is 2.02. The molecule has 1 atom stereocenters. The maximum Gasteiger partial charge on any atom is 0.264 e. The lowest BCUT2D eigenvalue weighted by atomic mass is 10.1. The van der Waals surface area contributed by atoms with Crippen LogP contribution in [0.5, 0.6) is 5.75 Å². The molecule has 0 radical (unpaired) electrons. The van der Waals surface area contributed by atoms with Gasteiger partial charge in [0.05, 0.1) is 17.2 Å². The van der Waals surface area contributed by atoms with Crippen LogP contribution in [0.3, 0.4) is 0 Å². The van der Waals surface area contributed by atoms with E-state index in [1.165, 1.54) is 17.0 Å². The van der Waals surface area contributed by atoms with E-state index >= 15 is 0 Å². The van der Waals surface area contributed by atoms with Crippen molar-refractivity contribution in [2.75, 3.05) is 17.5 Å². The summed E-state index contributed by atoms with van der Waals surface area (Å²) >= 11 is 0. The second kappa shape index (κ2) is 13.5. The molecule has 2 amide bonds. The molecule has 0 aromatic heterocycles. The number of para-hydroxylation sites is 1. The largest absolute Gasteiger partial charge is 0.494 e. The SMILES string of the molecule is CCOc1ccc(S(=O)(=O)N(CC(=O)N(Cc2ccccc2)[C@H](CC)C(=O)NC(C)(C)C)c2ccccc2)cc1. The molecule has 0 bridgehead atoms.